The molecular formula is C23H36N4O12S. The van der Waals surface area contributed by atoms with Crippen molar-refractivity contribution in [2.24, 2.45) is 11.8 Å². The molecule has 1 heterocycles. The molecule has 0 aromatic rings. The van der Waals surface area contributed by atoms with Crippen LogP contribution in [0.4, 0.5) is 0 Å². The van der Waals surface area contributed by atoms with E-state index in [1.54, 1.807) is 6.92 Å². The lowest BCUT2D eigenvalue weighted by molar-refractivity contribution is -0.183. The minimum Gasteiger partial charge on any atom is -0.481 e. The second-order valence-corrected chi connectivity index (χ2v) is 10.8. The molecule has 40 heavy (non-hydrogen) atoms. The minimum absolute atomic E-state index is 0.197. The van der Waals surface area contributed by atoms with Crippen molar-refractivity contribution in [2.75, 3.05) is 13.2 Å². The van der Waals surface area contributed by atoms with Crippen LogP contribution < -0.4 is 20.7 Å². The normalized spacial score (nSPS) is 23.2. The zero-order valence-corrected chi connectivity index (χ0v) is 23.2. The molecule has 16 nitrogen and oxygen atoms in total. The third-order valence-electron chi connectivity index (χ3n) is 5.86. The van der Waals surface area contributed by atoms with E-state index in [4.69, 9.17) is 9.47 Å². The molecule has 226 valence electrons. The van der Waals surface area contributed by atoms with E-state index in [0.29, 0.717) is 11.8 Å². The highest BCUT2D eigenvalue weighted by atomic mass is 32.2. The van der Waals surface area contributed by atoms with Crippen LogP contribution in [0.25, 0.3) is 0 Å². The number of aliphatic carboxylic acids is 2. The molecule has 1 aliphatic heterocycles. The quantitative estimate of drug-likeness (QED) is 0.111. The molecule has 0 aliphatic carbocycles. The summed E-state index contributed by atoms with van der Waals surface area (Å²) in [5.41, 5.74) is 0. The first-order valence-electron chi connectivity index (χ1n) is 12.3. The third kappa shape index (κ3) is 11.7. The van der Waals surface area contributed by atoms with Crippen LogP contribution in [-0.4, -0.2) is 91.8 Å². The fourth-order valence-corrected chi connectivity index (χ4v) is 4.90. The summed E-state index contributed by atoms with van der Waals surface area (Å²) in [5.74, 6) is -7.93. The molecule has 0 spiro atoms. The van der Waals surface area contributed by atoms with E-state index in [-0.39, 0.29) is 6.54 Å². The molecule has 6 N–H and O–H groups in total. The number of carbonyl (C=O) groups excluding carboxylic acids is 4. The number of carboxylic acid groups (broad SMARTS) is 2. The van der Waals surface area contributed by atoms with Gasteiger partial charge >= 0.3 is 17.9 Å². The van der Waals surface area contributed by atoms with Gasteiger partial charge in [0.15, 0.2) is 6.23 Å². The van der Waals surface area contributed by atoms with Crippen molar-refractivity contribution in [3.8, 4) is 0 Å². The third-order valence-corrected chi connectivity index (χ3v) is 6.91. The number of esters is 1. The molecule has 3 amide bonds. The SMILES string of the molecule is C=CS(=O)(=O)NC(CC(=O)N[C@@H]1O[C@@H](COC(C)=O)[C@@H](CC(=O)O)[C@@H](CC(=O)O)[C@H]1NC(C)=O)C(=O)NCCC. The maximum absolute atomic E-state index is 13.0. The van der Waals surface area contributed by atoms with E-state index in [9.17, 15) is 47.4 Å². The highest BCUT2D eigenvalue weighted by Crippen LogP contribution is 2.36. The maximum Gasteiger partial charge on any atom is 0.303 e. The Morgan fingerprint density at radius 3 is 2.12 bits per heavy atom. The number of ether oxygens (including phenoxy) is 2. The molecule has 1 fully saturated rings. The number of amides is 3. The van der Waals surface area contributed by atoms with Crippen molar-refractivity contribution in [1.29, 1.82) is 0 Å². The van der Waals surface area contributed by atoms with Crippen molar-refractivity contribution in [3.63, 3.8) is 0 Å². The molecule has 1 unspecified atom stereocenters. The molecule has 0 aromatic carbocycles. The lowest BCUT2D eigenvalue weighted by atomic mass is 9.75. The highest BCUT2D eigenvalue weighted by Gasteiger charge is 2.48. The van der Waals surface area contributed by atoms with Gasteiger partial charge in [0.25, 0.3) is 0 Å². The largest absolute Gasteiger partial charge is 0.481 e. The van der Waals surface area contributed by atoms with E-state index < -0.39 is 108 Å². The Morgan fingerprint density at radius 1 is 1.02 bits per heavy atom. The minimum atomic E-state index is -4.14. The van der Waals surface area contributed by atoms with E-state index in [0.717, 1.165) is 13.8 Å². The summed E-state index contributed by atoms with van der Waals surface area (Å²) in [6.07, 6.45) is -4.13. The van der Waals surface area contributed by atoms with Gasteiger partial charge in [0.2, 0.25) is 27.7 Å². The standard InChI is InChI=1S/C23H36N4O12S/c1-5-7-24-22(35)16(27-40(36,37)6-2)10-18(30)26-23-21(25-12(3)28)15(9-20(33)34)14(8-19(31)32)17(39-23)11-38-13(4)29/h6,14-17,21,23,27H,2,5,7-11H2,1,3-4H3,(H,24,35)(H,25,28)(H,26,30)(H,31,32)(H,33,34)/t14-,15+,16?,17-,21+,23+/m0/s1. The summed E-state index contributed by atoms with van der Waals surface area (Å²) in [4.78, 5) is 72.3. The van der Waals surface area contributed by atoms with Crippen molar-refractivity contribution >= 4 is 45.7 Å². The summed E-state index contributed by atoms with van der Waals surface area (Å²) >= 11 is 0. The van der Waals surface area contributed by atoms with Gasteiger partial charge in [-0.25, -0.2) is 8.42 Å². The number of rotatable bonds is 16. The van der Waals surface area contributed by atoms with Crippen LogP contribution in [0.3, 0.4) is 0 Å². The molecule has 0 radical (unpaired) electrons. The Kier molecular flexibility index (Phi) is 13.7. The van der Waals surface area contributed by atoms with Gasteiger partial charge in [0.05, 0.1) is 31.4 Å². The number of hydrogen-bond donors (Lipinski definition) is 6. The van der Waals surface area contributed by atoms with Gasteiger partial charge in [-0.1, -0.05) is 13.5 Å². The second kappa shape index (κ2) is 15.9. The van der Waals surface area contributed by atoms with Crippen molar-refractivity contribution < 1.29 is 56.9 Å². The first-order chi connectivity index (χ1) is 18.6. The molecule has 17 heteroatoms. The molecule has 0 saturated carbocycles. The Labute approximate surface area is 231 Å². The Balaban J connectivity index is 3.38. The number of carbonyl (C=O) groups is 6. The monoisotopic (exact) mass is 592 g/mol. The lowest BCUT2D eigenvalue weighted by Crippen LogP contribution is -2.64. The van der Waals surface area contributed by atoms with Crippen LogP contribution in [0.15, 0.2) is 12.0 Å². The summed E-state index contributed by atoms with van der Waals surface area (Å²) in [6.45, 7) is 6.83. The molecule has 6 atom stereocenters. The molecule has 0 aromatic heterocycles. The zero-order valence-electron chi connectivity index (χ0n) is 22.4. The molecule has 0 bridgehead atoms. The smallest absolute Gasteiger partial charge is 0.303 e. The van der Waals surface area contributed by atoms with Crippen LogP contribution >= 0.6 is 0 Å². The van der Waals surface area contributed by atoms with Crippen molar-refractivity contribution in [2.45, 2.75) is 70.9 Å². The van der Waals surface area contributed by atoms with Crippen LogP contribution in [-0.2, 0) is 48.3 Å². The Bertz CT molecular complexity index is 1080. The van der Waals surface area contributed by atoms with Crippen molar-refractivity contribution in [1.82, 2.24) is 20.7 Å². The highest BCUT2D eigenvalue weighted by molar-refractivity contribution is 7.92. The van der Waals surface area contributed by atoms with E-state index in [1.807, 2.05) is 4.72 Å². The van der Waals surface area contributed by atoms with Crippen molar-refractivity contribution in [3.05, 3.63) is 12.0 Å². The molecule has 1 aliphatic rings. The summed E-state index contributed by atoms with van der Waals surface area (Å²) in [5, 5.41) is 26.9. The number of sulfonamides is 1. The summed E-state index contributed by atoms with van der Waals surface area (Å²) < 4.78 is 36.9. The van der Waals surface area contributed by atoms with Crippen LogP contribution in [0.1, 0.15) is 46.5 Å². The summed E-state index contributed by atoms with van der Waals surface area (Å²) in [6, 6.07) is -2.82. The Morgan fingerprint density at radius 2 is 1.62 bits per heavy atom. The lowest BCUT2D eigenvalue weighted by Gasteiger charge is -2.46. The van der Waals surface area contributed by atoms with Gasteiger partial charge in [0.1, 0.15) is 12.6 Å². The van der Waals surface area contributed by atoms with Gasteiger partial charge in [-0.3, -0.25) is 28.8 Å². The van der Waals surface area contributed by atoms with Gasteiger partial charge in [0, 0.05) is 31.7 Å². The maximum atomic E-state index is 13.0. The van der Waals surface area contributed by atoms with E-state index >= 15 is 0 Å². The van der Waals surface area contributed by atoms with Gasteiger partial charge < -0.3 is 35.6 Å². The zero-order chi connectivity index (χ0) is 30.6. The molecular weight excluding hydrogens is 556 g/mol. The Hall–Kier alpha value is -3.57. The predicted molar refractivity (Wildman–Crippen MR) is 136 cm³/mol. The second-order valence-electron chi connectivity index (χ2n) is 9.09. The number of hydrogen-bond acceptors (Lipinski definition) is 10. The van der Waals surface area contributed by atoms with Gasteiger partial charge in [-0.15, -0.1) is 0 Å². The average molecular weight is 593 g/mol. The first kappa shape index (κ1) is 34.5. The topological polar surface area (TPSA) is 244 Å². The fourth-order valence-electron chi connectivity index (χ4n) is 4.22. The number of nitrogens with one attached hydrogen (secondary N) is 4. The summed E-state index contributed by atoms with van der Waals surface area (Å²) in [7, 11) is -4.14. The van der Waals surface area contributed by atoms with E-state index in [2.05, 4.69) is 22.5 Å². The van der Waals surface area contributed by atoms with Crippen LogP contribution in [0, 0.1) is 11.8 Å². The van der Waals surface area contributed by atoms with Crippen LogP contribution in [0.5, 0.6) is 0 Å². The average Bonchev–Trinajstić information content (AvgIpc) is 2.83. The first-order valence-corrected chi connectivity index (χ1v) is 13.9. The van der Waals surface area contributed by atoms with Crippen LogP contribution in [0.2, 0.25) is 0 Å². The molecule has 1 rings (SSSR count). The van der Waals surface area contributed by atoms with Gasteiger partial charge in [-0.2, -0.15) is 4.72 Å². The number of carboxylic acids is 2. The van der Waals surface area contributed by atoms with Gasteiger partial charge in [-0.05, 0) is 12.3 Å². The predicted octanol–water partition coefficient (Wildman–Crippen LogP) is -1.58. The van der Waals surface area contributed by atoms with E-state index in [1.165, 1.54) is 0 Å². The molecule has 1 saturated heterocycles. The fraction of sp³-hybridized carbons (Fsp3) is 0.652.